The third kappa shape index (κ3) is 4.58. The molecule has 2 N–H and O–H groups in total. The van der Waals surface area contributed by atoms with Crippen LogP contribution in [0.4, 0.5) is 0 Å². The van der Waals surface area contributed by atoms with Gasteiger partial charge in [-0.2, -0.15) is 0 Å². The Hall–Kier alpha value is -0.910. The summed E-state index contributed by atoms with van der Waals surface area (Å²) in [7, 11) is 0. The molecular weight excluding hydrogens is 384 g/mol. The number of hydrogen-bond donors (Lipinski definition) is 1. The molecule has 3 nitrogen and oxygen atoms in total. The molecule has 1 heterocycles. The van der Waals surface area contributed by atoms with E-state index in [2.05, 4.69) is 36.8 Å². The molecule has 0 fully saturated rings. The molecule has 20 heavy (non-hydrogen) atoms. The number of pyridine rings is 1. The van der Waals surface area contributed by atoms with Gasteiger partial charge in [0.2, 0.25) is 0 Å². The summed E-state index contributed by atoms with van der Waals surface area (Å²) in [6, 6.07) is 8.08. The summed E-state index contributed by atoms with van der Waals surface area (Å²) in [5.41, 5.74) is 8.03. The van der Waals surface area contributed by atoms with Crippen LogP contribution in [0.1, 0.15) is 18.1 Å². The Morgan fingerprint density at radius 3 is 2.75 bits per heavy atom. The van der Waals surface area contributed by atoms with Gasteiger partial charge in [0, 0.05) is 32.9 Å². The monoisotopic (exact) mass is 398 g/mol. The summed E-state index contributed by atoms with van der Waals surface area (Å²) in [4.78, 5) is 4.12. The Labute approximate surface area is 135 Å². The van der Waals surface area contributed by atoms with Crippen LogP contribution in [0.5, 0.6) is 5.75 Å². The largest absolute Gasteiger partial charge is 0.489 e. The highest BCUT2D eigenvalue weighted by Crippen LogP contribution is 2.24. The van der Waals surface area contributed by atoms with E-state index < -0.39 is 0 Å². The highest BCUT2D eigenvalue weighted by molar-refractivity contribution is 9.10. The van der Waals surface area contributed by atoms with Crippen LogP contribution in [0.2, 0.25) is 0 Å². The lowest BCUT2D eigenvalue weighted by atomic mass is 10.1. The molecule has 0 saturated heterocycles. The van der Waals surface area contributed by atoms with Crippen LogP contribution in [0.3, 0.4) is 0 Å². The maximum atomic E-state index is 5.85. The molecule has 1 aromatic carbocycles. The van der Waals surface area contributed by atoms with E-state index in [0.29, 0.717) is 6.61 Å². The van der Waals surface area contributed by atoms with E-state index in [1.165, 1.54) is 0 Å². The summed E-state index contributed by atoms with van der Waals surface area (Å²) < 4.78 is 7.81. The van der Waals surface area contributed by atoms with Crippen LogP contribution in [0.15, 0.2) is 45.6 Å². The number of aromatic nitrogens is 1. The fourth-order valence-corrected chi connectivity index (χ4v) is 2.67. The first-order valence-electron chi connectivity index (χ1n) is 6.31. The van der Waals surface area contributed by atoms with Crippen LogP contribution in [-0.4, -0.2) is 11.0 Å². The number of nitrogens with two attached hydrogens (primary N) is 1. The van der Waals surface area contributed by atoms with Gasteiger partial charge in [0.15, 0.2) is 0 Å². The predicted octanol–water partition coefficient (Wildman–Crippen LogP) is 4.08. The summed E-state index contributed by atoms with van der Waals surface area (Å²) in [6.45, 7) is 2.48. The van der Waals surface area contributed by atoms with E-state index in [9.17, 15) is 0 Å². The average molecular weight is 400 g/mol. The Morgan fingerprint density at radius 1 is 1.25 bits per heavy atom. The second kappa shape index (κ2) is 7.20. The molecule has 0 bridgehead atoms. The minimum absolute atomic E-state index is 0.121. The summed E-state index contributed by atoms with van der Waals surface area (Å²) >= 11 is 6.94. The maximum Gasteiger partial charge on any atom is 0.120 e. The van der Waals surface area contributed by atoms with Gasteiger partial charge in [-0.25, -0.2) is 0 Å². The van der Waals surface area contributed by atoms with Crippen molar-refractivity contribution >= 4 is 31.9 Å². The van der Waals surface area contributed by atoms with Crippen molar-refractivity contribution in [3.63, 3.8) is 0 Å². The van der Waals surface area contributed by atoms with E-state index in [1.54, 1.807) is 12.4 Å². The van der Waals surface area contributed by atoms with Crippen molar-refractivity contribution in [2.75, 3.05) is 0 Å². The van der Waals surface area contributed by atoms with Crippen molar-refractivity contribution in [1.29, 1.82) is 0 Å². The second-order valence-electron chi connectivity index (χ2n) is 4.73. The van der Waals surface area contributed by atoms with Gasteiger partial charge in [-0.05, 0) is 59.1 Å². The minimum atomic E-state index is 0.121. The molecule has 0 radical (unpaired) electrons. The first kappa shape index (κ1) is 15.5. The lowest BCUT2D eigenvalue weighted by molar-refractivity contribution is 0.305. The van der Waals surface area contributed by atoms with Gasteiger partial charge in [-0.1, -0.05) is 15.9 Å². The summed E-state index contributed by atoms with van der Waals surface area (Å²) in [5, 5.41) is 0. The first-order chi connectivity index (χ1) is 9.54. The SMILES string of the molecule is CC(N)Cc1cc(OCc2cncc(Br)c2)ccc1Br. The number of benzene rings is 1. The molecule has 5 heteroatoms. The van der Waals surface area contributed by atoms with Crippen LogP contribution < -0.4 is 10.5 Å². The first-order valence-corrected chi connectivity index (χ1v) is 7.89. The number of halogens is 2. The van der Waals surface area contributed by atoms with E-state index in [-0.39, 0.29) is 6.04 Å². The van der Waals surface area contributed by atoms with Gasteiger partial charge in [0.25, 0.3) is 0 Å². The van der Waals surface area contributed by atoms with E-state index in [0.717, 1.165) is 32.2 Å². The molecule has 0 aliphatic carbocycles. The highest BCUT2D eigenvalue weighted by atomic mass is 79.9. The van der Waals surface area contributed by atoms with Crippen molar-refractivity contribution in [1.82, 2.24) is 4.98 Å². The number of hydrogen-bond acceptors (Lipinski definition) is 3. The van der Waals surface area contributed by atoms with Gasteiger partial charge in [-0.3, -0.25) is 4.98 Å². The minimum Gasteiger partial charge on any atom is -0.489 e. The van der Waals surface area contributed by atoms with Crippen molar-refractivity contribution in [3.8, 4) is 5.75 Å². The molecule has 0 spiro atoms. The zero-order valence-electron chi connectivity index (χ0n) is 11.1. The van der Waals surface area contributed by atoms with Gasteiger partial charge < -0.3 is 10.5 Å². The Bertz CT molecular complexity index is 588. The normalized spacial score (nSPS) is 12.2. The molecule has 0 amide bonds. The average Bonchev–Trinajstić information content (AvgIpc) is 2.39. The Kier molecular flexibility index (Phi) is 5.57. The smallest absolute Gasteiger partial charge is 0.120 e. The number of rotatable bonds is 5. The van der Waals surface area contributed by atoms with Crippen LogP contribution in [0.25, 0.3) is 0 Å². The Balaban J connectivity index is 2.06. The van der Waals surface area contributed by atoms with Crippen LogP contribution in [0, 0.1) is 0 Å². The zero-order valence-corrected chi connectivity index (χ0v) is 14.3. The summed E-state index contributed by atoms with van der Waals surface area (Å²) in [5.74, 6) is 0.837. The van der Waals surface area contributed by atoms with Gasteiger partial charge in [-0.15, -0.1) is 0 Å². The highest BCUT2D eigenvalue weighted by Gasteiger charge is 2.06. The predicted molar refractivity (Wildman–Crippen MR) is 87.8 cm³/mol. The fraction of sp³-hybridized carbons (Fsp3) is 0.267. The Morgan fingerprint density at radius 2 is 2.05 bits per heavy atom. The molecule has 1 atom stereocenters. The standard InChI is InChI=1S/C15H16Br2N2O/c1-10(18)4-12-6-14(2-3-15(12)17)20-9-11-5-13(16)8-19-7-11/h2-3,5-8,10H,4,9,18H2,1H3. The van der Waals surface area contributed by atoms with Gasteiger partial charge >= 0.3 is 0 Å². The van der Waals surface area contributed by atoms with Crippen molar-refractivity contribution < 1.29 is 4.74 Å². The van der Waals surface area contributed by atoms with Crippen molar-refractivity contribution in [2.24, 2.45) is 5.73 Å². The molecule has 0 aliphatic rings. The zero-order chi connectivity index (χ0) is 14.5. The molecular formula is C15H16Br2N2O. The molecule has 0 aliphatic heterocycles. The second-order valence-corrected chi connectivity index (χ2v) is 6.50. The molecule has 1 unspecified atom stereocenters. The van der Waals surface area contributed by atoms with E-state index in [4.69, 9.17) is 10.5 Å². The topological polar surface area (TPSA) is 48.1 Å². The molecule has 1 aromatic heterocycles. The molecule has 106 valence electrons. The molecule has 2 aromatic rings. The maximum absolute atomic E-state index is 5.85. The number of ether oxygens (including phenoxy) is 1. The van der Waals surface area contributed by atoms with Crippen molar-refractivity contribution in [2.45, 2.75) is 26.0 Å². The van der Waals surface area contributed by atoms with Gasteiger partial charge in [0.05, 0.1) is 0 Å². The van der Waals surface area contributed by atoms with Crippen LogP contribution in [-0.2, 0) is 13.0 Å². The lowest BCUT2D eigenvalue weighted by Crippen LogP contribution is -2.18. The fourth-order valence-electron chi connectivity index (χ4n) is 1.85. The third-order valence-corrected chi connectivity index (χ3v) is 3.93. The van der Waals surface area contributed by atoms with Crippen LogP contribution >= 0.6 is 31.9 Å². The quantitative estimate of drug-likeness (QED) is 0.823. The number of nitrogens with zero attached hydrogens (tertiary/aromatic N) is 1. The van der Waals surface area contributed by atoms with Gasteiger partial charge in [0.1, 0.15) is 12.4 Å². The lowest BCUT2D eigenvalue weighted by Gasteiger charge is -2.11. The molecule has 0 saturated carbocycles. The third-order valence-electron chi connectivity index (χ3n) is 2.73. The molecule has 2 rings (SSSR count). The van der Waals surface area contributed by atoms with Crippen molar-refractivity contribution in [3.05, 3.63) is 56.7 Å². The van der Waals surface area contributed by atoms with E-state index in [1.807, 2.05) is 31.2 Å². The van der Waals surface area contributed by atoms with E-state index >= 15 is 0 Å². The summed E-state index contributed by atoms with van der Waals surface area (Å²) in [6.07, 6.45) is 4.37.